The molecule has 3 aromatic carbocycles. The summed E-state index contributed by atoms with van der Waals surface area (Å²) < 4.78 is 0. The van der Waals surface area contributed by atoms with E-state index in [1.54, 1.807) is 4.90 Å². The van der Waals surface area contributed by atoms with Gasteiger partial charge in [0.25, 0.3) is 0 Å². The summed E-state index contributed by atoms with van der Waals surface area (Å²) in [5.74, 6) is 0.0589. The lowest BCUT2D eigenvalue weighted by molar-refractivity contribution is -0.117. The molecule has 0 radical (unpaired) electrons. The third kappa shape index (κ3) is 3.23. The fraction of sp³-hybridized carbons (Fsp3) is 0.0500. The zero-order valence-corrected chi connectivity index (χ0v) is 12.2. The highest BCUT2D eigenvalue weighted by Gasteiger charge is 2.17. The van der Waals surface area contributed by atoms with Crippen molar-refractivity contribution in [3.8, 4) is 0 Å². The number of amides is 1. The Hall–Kier alpha value is -2.87. The van der Waals surface area contributed by atoms with Crippen molar-refractivity contribution < 1.29 is 4.79 Å². The van der Waals surface area contributed by atoms with E-state index >= 15 is 0 Å². The normalized spacial score (nSPS) is 10.2. The van der Waals surface area contributed by atoms with Gasteiger partial charge in [0.05, 0.1) is 6.42 Å². The first kappa shape index (κ1) is 14.1. The van der Waals surface area contributed by atoms with E-state index in [2.05, 4.69) is 0 Å². The number of anilines is 2. The van der Waals surface area contributed by atoms with Gasteiger partial charge < -0.3 is 0 Å². The number of carbonyl (C=O) groups is 1. The Bertz CT molecular complexity index is 684. The van der Waals surface area contributed by atoms with Gasteiger partial charge in [0.2, 0.25) is 5.91 Å². The lowest BCUT2D eigenvalue weighted by atomic mass is 10.1. The van der Waals surface area contributed by atoms with Gasteiger partial charge in [-0.1, -0.05) is 66.7 Å². The number of hydrogen-bond acceptors (Lipinski definition) is 1. The highest BCUT2D eigenvalue weighted by atomic mass is 16.2. The van der Waals surface area contributed by atoms with Crippen LogP contribution in [0.4, 0.5) is 11.4 Å². The first-order valence-corrected chi connectivity index (χ1v) is 7.31. The van der Waals surface area contributed by atoms with E-state index in [1.165, 1.54) is 0 Å². The van der Waals surface area contributed by atoms with Crippen LogP contribution in [-0.4, -0.2) is 5.91 Å². The lowest BCUT2D eigenvalue weighted by Gasteiger charge is -2.23. The van der Waals surface area contributed by atoms with E-state index in [4.69, 9.17) is 0 Å². The van der Waals surface area contributed by atoms with Crippen LogP contribution >= 0.6 is 0 Å². The molecule has 22 heavy (non-hydrogen) atoms. The molecule has 0 aliphatic heterocycles. The molecule has 0 fully saturated rings. The van der Waals surface area contributed by atoms with Crippen LogP contribution in [-0.2, 0) is 11.2 Å². The van der Waals surface area contributed by atoms with E-state index in [1.807, 2.05) is 91.0 Å². The molecule has 0 unspecified atom stereocenters. The number of benzene rings is 3. The molecule has 0 bridgehead atoms. The van der Waals surface area contributed by atoms with Crippen molar-refractivity contribution in [2.45, 2.75) is 6.42 Å². The average Bonchev–Trinajstić information content (AvgIpc) is 2.58. The number of para-hydroxylation sites is 2. The molecular formula is C20H17NO. The topological polar surface area (TPSA) is 20.3 Å². The van der Waals surface area contributed by atoms with Crippen LogP contribution in [0.25, 0.3) is 0 Å². The fourth-order valence-electron chi connectivity index (χ4n) is 2.44. The van der Waals surface area contributed by atoms with Gasteiger partial charge in [-0.15, -0.1) is 0 Å². The van der Waals surface area contributed by atoms with Crippen LogP contribution in [0.2, 0.25) is 0 Å². The molecular weight excluding hydrogens is 270 g/mol. The summed E-state index contributed by atoms with van der Waals surface area (Å²) in [7, 11) is 0. The predicted octanol–water partition coefficient (Wildman–Crippen LogP) is 4.59. The van der Waals surface area contributed by atoms with E-state index < -0.39 is 0 Å². The maximum absolute atomic E-state index is 12.8. The van der Waals surface area contributed by atoms with Crippen LogP contribution in [0.1, 0.15) is 5.56 Å². The zero-order chi connectivity index (χ0) is 15.2. The first-order chi connectivity index (χ1) is 10.8. The van der Waals surface area contributed by atoms with Gasteiger partial charge in [-0.2, -0.15) is 0 Å². The number of hydrogen-bond donors (Lipinski definition) is 0. The third-order valence-electron chi connectivity index (χ3n) is 3.48. The van der Waals surface area contributed by atoms with Crippen LogP contribution < -0.4 is 4.90 Å². The van der Waals surface area contributed by atoms with E-state index in [9.17, 15) is 4.79 Å². The Labute approximate surface area is 130 Å². The molecule has 0 aliphatic carbocycles. The minimum Gasteiger partial charge on any atom is -0.281 e. The molecule has 0 atom stereocenters. The summed E-state index contributed by atoms with van der Waals surface area (Å²) in [5, 5.41) is 0. The smallest absolute Gasteiger partial charge is 0.235 e. The quantitative estimate of drug-likeness (QED) is 0.687. The highest BCUT2D eigenvalue weighted by Crippen LogP contribution is 2.25. The molecule has 2 heteroatoms. The van der Waals surface area contributed by atoms with Crippen molar-refractivity contribution in [1.82, 2.24) is 0 Å². The third-order valence-corrected chi connectivity index (χ3v) is 3.48. The largest absolute Gasteiger partial charge is 0.281 e. The second-order valence-electron chi connectivity index (χ2n) is 5.06. The van der Waals surface area contributed by atoms with E-state index in [-0.39, 0.29) is 5.91 Å². The highest BCUT2D eigenvalue weighted by molar-refractivity contribution is 6.01. The second-order valence-corrected chi connectivity index (χ2v) is 5.06. The Morgan fingerprint density at radius 2 is 1.05 bits per heavy atom. The molecule has 0 heterocycles. The van der Waals surface area contributed by atoms with Crippen molar-refractivity contribution in [1.29, 1.82) is 0 Å². The van der Waals surface area contributed by atoms with Gasteiger partial charge in [0.15, 0.2) is 0 Å². The molecule has 1 amide bonds. The van der Waals surface area contributed by atoms with E-state index in [0.29, 0.717) is 6.42 Å². The van der Waals surface area contributed by atoms with Gasteiger partial charge in [-0.3, -0.25) is 9.69 Å². The number of nitrogens with zero attached hydrogens (tertiary/aromatic N) is 1. The van der Waals surface area contributed by atoms with Crippen LogP contribution in [0.3, 0.4) is 0 Å². The molecule has 0 saturated carbocycles. The average molecular weight is 287 g/mol. The molecule has 3 rings (SSSR count). The summed E-state index contributed by atoms with van der Waals surface area (Å²) in [6.07, 6.45) is 0.380. The van der Waals surface area contributed by atoms with Gasteiger partial charge in [0, 0.05) is 11.4 Å². The number of carbonyl (C=O) groups excluding carboxylic acids is 1. The van der Waals surface area contributed by atoms with Crippen molar-refractivity contribution in [2.24, 2.45) is 0 Å². The van der Waals surface area contributed by atoms with Gasteiger partial charge >= 0.3 is 0 Å². The standard InChI is InChI=1S/C20H17NO/c22-20(16-17-10-4-1-5-11-17)21(18-12-6-2-7-13-18)19-14-8-3-9-15-19/h1-15H,16H2. The van der Waals surface area contributed by atoms with Gasteiger partial charge in [0.1, 0.15) is 0 Å². The Morgan fingerprint density at radius 1 is 0.636 bits per heavy atom. The van der Waals surface area contributed by atoms with Crippen LogP contribution in [0.5, 0.6) is 0 Å². The molecule has 0 N–H and O–H groups in total. The Morgan fingerprint density at radius 3 is 1.50 bits per heavy atom. The van der Waals surface area contributed by atoms with Crippen molar-refractivity contribution >= 4 is 17.3 Å². The second kappa shape index (κ2) is 6.72. The molecule has 0 spiro atoms. The van der Waals surface area contributed by atoms with Crippen LogP contribution in [0, 0.1) is 0 Å². The first-order valence-electron chi connectivity index (χ1n) is 7.31. The van der Waals surface area contributed by atoms with Crippen molar-refractivity contribution in [3.05, 3.63) is 96.6 Å². The maximum atomic E-state index is 12.8. The maximum Gasteiger partial charge on any atom is 0.235 e. The monoisotopic (exact) mass is 287 g/mol. The molecule has 2 nitrogen and oxygen atoms in total. The summed E-state index contributed by atoms with van der Waals surface area (Å²) in [6, 6.07) is 29.3. The molecule has 108 valence electrons. The predicted molar refractivity (Wildman–Crippen MR) is 90.2 cm³/mol. The summed E-state index contributed by atoms with van der Waals surface area (Å²) >= 11 is 0. The lowest BCUT2D eigenvalue weighted by Crippen LogP contribution is -2.27. The Kier molecular flexibility index (Phi) is 4.30. The SMILES string of the molecule is O=C(Cc1ccccc1)N(c1ccccc1)c1ccccc1. The fourth-order valence-corrected chi connectivity index (χ4v) is 2.44. The van der Waals surface area contributed by atoms with Gasteiger partial charge in [-0.05, 0) is 29.8 Å². The summed E-state index contributed by atoms with van der Waals surface area (Å²) in [5.41, 5.74) is 2.79. The van der Waals surface area contributed by atoms with Crippen molar-refractivity contribution in [2.75, 3.05) is 4.90 Å². The summed E-state index contributed by atoms with van der Waals surface area (Å²) in [6.45, 7) is 0. The van der Waals surface area contributed by atoms with Crippen LogP contribution in [0.15, 0.2) is 91.0 Å². The minimum absolute atomic E-state index is 0.0589. The van der Waals surface area contributed by atoms with E-state index in [0.717, 1.165) is 16.9 Å². The molecule has 0 aliphatic rings. The Balaban J connectivity index is 1.94. The van der Waals surface area contributed by atoms with Crippen molar-refractivity contribution in [3.63, 3.8) is 0 Å². The molecule has 0 saturated heterocycles. The summed E-state index contributed by atoms with van der Waals surface area (Å²) in [4.78, 5) is 14.6. The molecule has 3 aromatic rings. The molecule has 0 aromatic heterocycles. The number of rotatable bonds is 4. The van der Waals surface area contributed by atoms with Gasteiger partial charge in [-0.25, -0.2) is 0 Å². The zero-order valence-electron chi connectivity index (χ0n) is 12.2. The minimum atomic E-state index is 0.0589.